The second-order valence-corrected chi connectivity index (χ2v) is 6.25. The minimum Gasteiger partial charge on any atom is -0.478 e. The summed E-state index contributed by atoms with van der Waals surface area (Å²) in [5.41, 5.74) is 1.31. The molecule has 26 heavy (non-hydrogen) atoms. The summed E-state index contributed by atoms with van der Waals surface area (Å²) < 4.78 is 14.0. The van der Waals surface area contributed by atoms with Crippen LogP contribution >= 0.6 is 0 Å². The van der Waals surface area contributed by atoms with Crippen molar-refractivity contribution in [2.75, 3.05) is 31.1 Å². The SMILES string of the molecule is Cc1ncc(C(=O)O)cc1C(=O)N1CCCN(c2ccccc2F)CC1. The van der Waals surface area contributed by atoms with Gasteiger partial charge < -0.3 is 14.9 Å². The number of hydrogen-bond acceptors (Lipinski definition) is 4. The molecule has 1 aliphatic rings. The van der Waals surface area contributed by atoms with Gasteiger partial charge in [0.25, 0.3) is 5.91 Å². The second kappa shape index (κ2) is 7.51. The summed E-state index contributed by atoms with van der Waals surface area (Å²) in [6.07, 6.45) is 1.95. The Morgan fingerprint density at radius 2 is 1.92 bits per heavy atom. The normalized spacial score (nSPS) is 14.8. The molecule has 0 spiro atoms. The molecule has 1 amide bonds. The number of pyridine rings is 1. The molecule has 3 rings (SSSR count). The highest BCUT2D eigenvalue weighted by Gasteiger charge is 2.23. The Balaban J connectivity index is 1.77. The molecule has 1 aromatic heterocycles. The van der Waals surface area contributed by atoms with E-state index in [0.29, 0.717) is 49.5 Å². The highest BCUT2D eigenvalue weighted by Crippen LogP contribution is 2.21. The molecular formula is C19H20FN3O3. The average Bonchev–Trinajstić information content (AvgIpc) is 2.88. The zero-order valence-corrected chi connectivity index (χ0v) is 14.5. The molecule has 0 aliphatic carbocycles. The number of aryl methyl sites for hydroxylation is 1. The molecule has 0 radical (unpaired) electrons. The zero-order valence-electron chi connectivity index (χ0n) is 14.5. The summed E-state index contributed by atoms with van der Waals surface area (Å²) in [5.74, 6) is -1.64. The van der Waals surface area contributed by atoms with Crippen LogP contribution in [-0.4, -0.2) is 53.0 Å². The van der Waals surface area contributed by atoms with Crippen LogP contribution in [0.3, 0.4) is 0 Å². The fourth-order valence-electron chi connectivity index (χ4n) is 3.11. The van der Waals surface area contributed by atoms with E-state index in [1.807, 2.05) is 4.90 Å². The van der Waals surface area contributed by atoms with Gasteiger partial charge in [-0.25, -0.2) is 9.18 Å². The van der Waals surface area contributed by atoms with Crippen LogP contribution < -0.4 is 4.90 Å². The van der Waals surface area contributed by atoms with Gasteiger partial charge in [0.2, 0.25) is 0 Å². The highest BCUT2D eigenvalue weighted by molar-refractivity contribution is 5.98. The zero-order chi connectivity index (χ0) is 18.7. The fraction of sp³-hybridized carbons (Fsp3) is 0.316. The third-order valence-electron chi connectivity index (χ3n) is 4.54. The molecule has 2 heterocycles. The predicted octanol–water partition coefficient (Wildman–Crippen LogP) is 2.58. The van der Waals surface area contributed by atoms with Gasteiger partial charge in [-0.2, -0.15) is 0 Å². The van der Waals surface area contributed by atoms with E-state index in [1.54, 1.807) is 30.0 Å². The lowest BCUT2D eigenvalue weighted by molar-refractivity contribution is 0.0696. The van der Waals surface area contributed by atoms with Gasteiger partial charge in [-0.15, -0.1) is 0 Å². The predicted molar refractivity (Wildman–Crippen MR) is 95.1 cm³/mol. The molecule has 0 saturated carbocycles. The number of hydrogen-bond donors (Lipinski definition) is 1. The largest absolute Gasteiger partial charge is 0.478 e. The molecule has 1 fully saturated rings. The molecule has 6 nitrogen and oxygen atoms in total. The molecule has 0 atom stereocenters. The van der Waals surface area contributed by atoms with E-state index < -0.39 is 5.97 Å². The quantitative estimate of drug-likeness (QED) is 0.914. The van der Waals surface area contributed by atoms with E-state index in [4.69, 9.17) is 5.11 Å². The number of halogens is 1. The van der Waals surface area contributed by atoms with E-state index >= 15 is 0 Å². The Labute approximate surface area is 150 Å². The smallest absolute Gasteiger partial charge is 0.337 e. The highest BCUT2D eigenvalue weighted by atomic mass is 19.1. The van der Waals surface area contributed by atoms with Crippen molar-refractivity contribution in [1.82, 2.24) is 9.88 Å². The van der Waals surface area contributed by atoms with Crippen LogP contribution in [0.2, 0.25) is 0 Å². The van der Waals surface area contributed by atoms with Gasteiger partial charge in [0, 0.05) is 32.4 Å². The van der Waals surface area contributed by atoms with Gasteiger partial charge in [0.1, 0.15) is 5.82 Å². The van der Waals surface area contributed by atoms with Crippen LogP contribution in [0.1, 0.15) is 32.8 Å². The maximum absolute atomic E-state index is 14.0. The lowest BCUT2D eigenvalue weighted by Gasteiger charge is -2.24. The van der Waals surface area contributed by atoms with Gasteiger partial charge >= 0.3 is 5.97 Å². The molecule has 2 aromatic rings. The number of nitrogens with zero attached hydrogens (tertiary/aromatic N) is 3. The molecule has 1 aromatic carbocycles. The minimum atomic E-state index is -1.12. The summed E-state index contributed by atoms with van der Waals surface area (Å²) >= 11 is 0. The molecule has 136 valence electrons. The number of benzene rings is 1. The molecule has 0 unspecified atom stereocenters. The molecule has 1 saturated heterocycles. The van der Waals surface area contributed by atoms with Crippen LogP contribution in [0, 0.1) is 12.7 Å². The van der Waals surface area contributed by atoms with Crippen LogP contribution in [0.25, 0.3) is 0 Å². The summed E-state index contributed by atoms with van der Waals surface area (Å²) in [6.45, 7) is 3.81. The first kappa shape index (κ1) is 17.8. The third kappa shape index (κ3) is 3.66. The number of carbonyl (C=O) groups excluding carboxylic acids is 1. The monoisotopic (exact) mass is 357 g/mol. The van der Waals surface area contributed by atoms with Gasteiger partial charge in [-0.3, -0.25) is 9.78 Å². The number of carboxylic acids is 1. The number of aromatic carboxylic acids is 1. The number of para-hydroxylation sites is 1. The van der Waals surface area contributed by atoms with Crippen LogP contribution in [-0.2, 0) is 0 Å². The third-order valence-corrected chi connectivity index (χ3v) is 4.54. The van der Waals surface area contributed by atoms with Crippen LogP contribution in [0.15, 0.2) is 36.5 Å². The first-order valence-corrected chi connectivity index (χ1v) is 8.46. The van der Waals surface area contributed by atoms with Gasteiger partial charge in [0.05, 0.1) is 22.5 Å². The number of carbonyl (C=O) groups is 2. The number of rotatable bonds is 3. The van der Waals surface area contributed by atoms with Crippen molar-refractivity contribution in [2.45, 2.75) is 13.3 Å². The Kier molecular flexibility index (Phi) is 5.16. The van der Waals surface area contributed by atoms with Crippen LogP contribution in [0.4, 0.5) is 10.1 Å². The van der Waals surface area contributed by atoms with Crippen molar-refractivity contribution in [2.24, 2.45) is 0 Å². The summed E-state index contributed by atoms with van der Waals surface area (Å²) in [5, 5.41) is 9.12. The number of carboxylic acid groups (broad SMARTS) is 1. The Morgan fingerprint density at radius 1 is 1.15 bits per heavy atom. The summed E-state index contributed by atoms with van der Waals surface area (Å²) in [4.78, 5) is 31.6. The van der Waals surface area contributed by atoms with E-state index in [9.17, 15) is 14.0 Å². The second-order valence-electron chi connectivity index (χ2n) is 6.25. The standard InChI is InChI=1S/C19H20FN3O3/c1-13-15(11-14(12-21-13)19(25)26)18(24)23-8-4-7-22(9-10-23)17-6-3-2-5-16(17)20/h2-3,5-6,11-12H,4,7-10H2,1H3,(H,25,26). The Bertz CT molecular complexity index is 841. The minimum absolute atomic E-state index is 0.0123. The Hall–Kier alpha value is -2.96. The van der Waals surface area contributed by atoms with Crippen molar-refractivity contribution >= 4 is 17.6 Å². The van der Waals surface area contributed by atoms with E-state index in [-0.39, 0.29) is 17.3 Å². The van der Waals surface area contributed by atoms with Crippen molar-refractivity contribution in [1.29, 1.82) is 0 Å². The first-order chi connectivity index (χ1) is 12.5. The lowest BCUT2D eigenvalue weighted by Crippen LogP contribution is -2.36. The first-order valence-electron chi connectivity index (χ1n) is 8.46. The average molecular weight is 357 g/mol. The molecule has 1 N–H and O–H groups in total. The van der Waals surface area contributed by atoms with Crippen molar-refractivity contribution in [3.8, 4) is 0 Å². The maximum atomic E-state index is 14.0. The van der Waals surface area contributed by atoms with Gasteiger partial charge in [-0.05, 0) is 31.5 Å². The van der Waals surface area contributed by atoms with E-state index in [0.717, 1.165) is 0 Å². The fourth-order valence-corrected chi connectivity index (χ4v) is 3.11. The maximum Gasteiger partial charge on any atom is 0.337 e. The van der Waals surface area contributed by atoms with Crippen molar-refractivity contribution in [3.63, 3.8) is 0 Å². The van der Waals surface area contributed by atoms with E-state index in [2.05, 4.69) is 4.98 Å². The number of anilines is 1. The van der Waals surface area contributed by atoms with Gasteiger partial charge in [-0.1, -0.05) is 12.1 Å². The summed E-state index contributed by atoms with van der Waals surface area (Å²) in [7, 11) is 0. The Morgan fingerprint density at radius 3 is 2.65 bits per heavy atom. The topological polar surface area (TPSA) is 73.7 Å². The summed E-state index contributed by atoms with van der Waals surface area (Å²) in [6, 6.07) is 7.97. The number of aromatic nitrogens is 1. The lowest BCUT2D eigenvalue weighted by atomic mass is 10.1. The molecule has 7 heteroatoms. The molecule has 1 aliphatic heterocycles. The molecule has 0 bridgehead atoms. The van der Waals surface area contributed by atoms with Crippen LogP contribution in [0.5, 0.6) is 0 Å². The number of amides is 1. The van der Waals surface area contributed by atoms with Crippen molar-refractivity contribution in [3.05, 3.63) is 59.2 Å². The van der Waals surface area contributed by atoms with Gasteiger partial charge in [0.15, 0.2) is 0 Å². The molecular weight excluding hydrogens is 337 g/mol. The van der Waals surface area contributed by atoms with Crippen molar-refractivity contribution < 1.29 is 19.1 Å². The van der Waals surface area contributed by atoms with E-state index in [1.165, 1.54) is 18.3 Å².